The van der Waals surface area contributed by atoms with E-state index in [9.17, 15) is 8.78 Å². The molecule has 0 heterocycles. The third kappa shape index (κ3) is 2.53. The third-order valence-electron chi connectivity index (χ3n) is 2.37. The van der Waals surface area contributed by atoms with Gasteiger partial charge in [0.15, 0.2) is 0 Å². The van der Waals surface area contributed by atoms with Crippen molar-refractivity contribution in [3.05, 3.63) is 34.9 Å². The number of hydrogen-bond donors (Lipinski definition) is 0. The summed E-state index contributed by atoms with van der Waals surface area (Å²) in [5.74, 6) is 0.310. The predicted molar refractivity (Wildman–Crippen MR) is 55.0 cm³/mol. The minimum atomic E-state index is -2.26. The zero-order chi connectivity index (χ0) is 10.7. The van der Waals surface area contributed by atoms with Crippen LogP contribution in [0.4, 0.5) is 8.78 Å². The molecule has 1 aromatic rings. The summed E-state index contributed by atoms with van der Waals surface area (Å²) in [7, 11) is 0. The van der Waals surface area contributed by atoms with Crippen molar-refractivity contribution in [1.82, 2.24) is 0 Å². The van der Waals surface area contributed by atoms with Crippen LogP contribution in [-0.2, 0) is 6.42 Å². The molecule has 0 radical (unpaired) electrons. The summed E-state index contributed by atoms with van der Waals surface area (Å²) < 4.78 is 24.6. The lowest BCUT2D eigenvalue weighted by atomic mass is 9.91. The van der Waals surface area contributed by atoms with Crippen molar-refractivity contribution in [2.24, 2.45) is 0 Å². The Morgan fingerprint density at radius 2 is 1.86 bits per heavy atom. The predicted octanol–water partition coefficient (Wildman–Crippen LogP) is 3.93. The molecule has 0 bridgehead atoms. The molecule has 0 aromatic heterocycles. The van der Waals surface area contributed by atoms with Gasteiger partial charge >= 0.3 is 0 Å². The van der Waals surface area contributed by atoms with Crippen LogP contribution in [0.2, 0.25) is 0 Å². The standard InChI is InChI=1S/C12H16F2/c1-8(2)12-9(3)5-4-6-10(12)7-11(13)14/h4-6,8,11H,7H2,1-3H3. The highest BCUT2D eigenvalue weighted by molar-refractivity contribution is 5.37. The van der Waals surface area contributed by atoms with E-state index in [0.29, 0.717) is 5.92 Å². The Labute approximate surface area is 84.0 Å². The van der Waals surface area contributed by atoms with E-state index >= 15 is 0 Å². The summed E-state index contributed by atoms with van der Waals surface area (Å²) in [5.41, 5.74) is 2.97. The van der Waals surface area contributed by atoms with Gasteiger partial charge in [0, 0.05) is 6.42 Å². The highest BCUT2D eigenvalue weighted by Crippen LogP contribution is 2.25. The first-order chi connectivity index (χ1) is 6.52. The Balaban J connectivity index is 3.08. The first-order valence-electron chi connectivity index (χ1n) is 4.89. The Morgan fingerprint density at radius 3 is 2.36 bits per heavy atom. The maximum atomic E-state index is 12.3. The normalized spacial score (nSPS) is 11.4. The van der Waals surface area contributed by atoms with Crippen LogP contribution in [-0.4, -0.2) is 6.43 Å². The van der Waals surface area contributed by atoms with Crippen molar-refractivity contribution < 1.29 is 8.78 Å². The summed E-state index contributed by atoms with van der Waals surface area (Å²) >= 11 is 0. The lowest BCUT2D eigenvalue weighted by molar-refractivity contribution is 0.148. The van der Waals surface area contributed by atoms with Crippen LogP contribution in [0.5, 0.6) is 0 Å². The topological polar surface area (TPSA) is 0 Å². The van der Waals surface area contributed by atoms with Crippen LogP contribution < -0.4 is 0 Å². The molecule has 0 aliphatic heterocycles. The molecule has 78 valence electrons. The summed E-state index contributed by atoms with van der Waals surface area (Å²) in [6.45, 7) is 6.05. The molecule has 0 unspecified atom stereocenters. The van der Waals surface area contributed by atoms with Crippen molar-refractivity contribution in [2.75, 3.05) is 0 Å². The molecule has 0 saturated heterocycles. The van der Waals surface area contributed by atoms with Crippen LogP contribution in [0.25, 0.3) is 0 Å². The van der Waals surface area contributed by atoms with Crippen molar-refractivity contribution in [3.63, 3.8) is 0 Å². The number of rotatable bonds is 3. The molecule has 0 atom stereocenters. The molecule has 14 heavy (non-hydrogen) atoms. The van der Waals surface area contributed by atoms with Gasteiger partial charge in [-0.15, -0.1) is 0 Å². The maximum absolute atomic E-state index is 12.3. The minimum absolute atomic E-state index is 0.130. The number of aryl methyl sites for hydroxylation is 1. The van der Waals surface area contributed by atoms with Gasteiger partial charge in [0.1, 0.15) is 0 Å². The van der Waals surface area contributed by atoms with E-state index in [1.54, 1.807) is 6.07 Å². The first kappa shape index (κ1) is 11.2. The lowest BCUT2D eigenvalue weighted by Crippen LogP contribution is -2.04. The molecule has 0 aliphatic rings. The van der Waals surface area contributed by atoms with Gasteiger partial charge in [0.25, 0.3) is 0 Å². The summed E-state index contributed by atoms with van der Waals surface area (Å²) in [4.78, 5) is 0. The number of halogens is 2. The van der Waals surface area contributed by atoms with Crippen molar-refractivity contribution >= 4 is 0 Å². The SMILES string of the molecule is Cc1cccc(CC(F)F)c1C(C)C. The Kier molecular flexibility index (Phi) is 3.62. The molecule has 2 heteroatoms. The fourth-order valence-corrected chi connectivity index (χ4v) is 1.91. The summed E-state index contributed by atoms with van der Waals surface area (Å²) in [6, 6.07) is 5.62. The Hall–Kier alpha value is -0.920. The fourth-order valence-electron chi connectivity index (χ4n) is 1.91. The average Bonchev–Trinajstić information content (AvgIpc) is 2.01. The first-order valence-corrected chi connectivity index (χ1v) is 4.89. The lowest BCUT2D eigenvalue weighted by Gasteiger charge is -2.15. The number of benzene rings is 1. The van der Waals surface area contributed by atoms with Gasteiger partial charge in [-0.1, -0.05) is 32.0 Å². The van der Waals surface area contributed by atoms with E-state index in [2.05, 4.69) is 0 Å². The monoisotopic (exact) mass is 198 g/mol. The molecule has 1 aromatic carbocycles. The summed E-state index contributed by atoms with van der Waals surface area (Å²) in [6.07, 6.45) is -2.39. The van der Waals surface area contributed by atoms with Crippen LogP contribution in [0.15, 0.2) is 18.2 Å². The second-order valence-electron chi connectivity index (χ2n) is 3.90. The van der Waals surface area contributed by atoms with Gasteiger partial charge in [-0.3, -0.25) is 0 Å². The Bertz CT molecular complexity index is 303. The largest absolute Gasteiger partial charge is 0.242 e. The molecule has 1 rings (SSSR count). The Morgan fingerprint density at radius 1 is 1.21 bits per heavy atom. The molecule has 0 amide bonds. The van der Waals surface area contributed by atoms with E-state index in [0.717, 1.165) is 16.7 Å². The average molecular weight is 198 g/mol. The van der Waals surface area contributed by atoms with E-state index in [1.165, 1.54) is 0 Å². The van der Waals surface area contributed by atoms with Crippen molar-refractivity contribution in [3.8, 4) is 0 Å². The second-order valence-corrected chi connectivity index (χ2v) is 3.90. The molecule has 0 saturated carbocycles. The molecule has 0 nitrogen and oxygen atoms in total. The van der Waals surface area contributed by atoms with Gasteiger partial charge < -0.3 is 0 Å². The number of alkyl halides is 2. The van der Waals surface area contributed by atoms with E-state index in [-0.39, 0.29) is 6.42 Å². The van der Waals surface area contributed by atoms with E-state index < -0.39 is 6.43 Å². The van der Waals surface area contributed by atoms with Gasteiger partial charge in [0.2, 0.25) is 6.43 Å². The fraction of sp³-hybridized carbons (Fsp3) is 0.500. The van der Waals surface area contributed by atoms with Gasteiger partial charge in [-0.25, -0.2) is 8.78 Å². The zero-order valence-electron chi connectivity index (χ0n) is 8.85. The van der Waals surface area contributed by atoms with Crippen LogP contribution in [0, 0.1) is 6.92 Å². The summed E-state index contributed by atoms with van der Waals surface area (Å²) in [5, 5.41) is 0. The number of hydrogen-bond acceptors (Lipinski definition) is 0. The second kappa shape index (κ2) is 4.54. The molecular weight excluding hydrogens is 182 g/mol. The van der Waals surface area contributed by atoms with Gasteiger partial charge in [-0.05, 0) is 29.5 Å². The van der Waals surface area contributed by atoms with Crippen LogP contribution >= 0.6 is 0 Å². The van der Waals surface area contributed by atoms with E-state index in [4.69, 9.17) is 0 Å². The zero-order valence-corrected chi connectivity index (χ0v) is 8.85. The van der Waals surface area contributed by atoms with E-state index in [1.807, 2.05) is 32.9 Å². The molecule has 0 aliphatic carbocycles. The molecule has 0 N–H and O–H groups in total. The smallest absolute Gasteiger partial charge is 0.210 e. The van der Waals surface area contributed by atoms with Crippen molar-refractivity contribution in [2.45, 2.75) is 39.5 Å². The molecule has 0 spiro atoms. The third-order valence-corrected chi connectivity index (χ3v) is 2.37. The highest BCUT2D eigenvalue weighted by Gasteiger charge is 2.12. The molecule has 0 fully saturated rings. The molecular formula is C12H16F2. The quantitative estimate of drug-likeness (QED) is 0.690. The van der Waals surface area contributed by atoms with Crippen LogP contribution in [0.1, 0.15) is 36.5 Å². The van der Waals surface area contributed by atoms with Gasteiger partial charge in [0.05, 0.1) is 0 Å². The van der Waals surface area contributed by atoms with Crippen molar-refractivity contribution in [1.29, 1.82) is 0 Å². The highest BCUT2D eigenvalue weighted by atomic mass is 19.3. The maximum Gasteiger partial charge on any atom is 0.242 e. The minimum Gasteiger partial charge on any atom is -0.210 e. The van der Waals surface area contributed by atoms with Gasteiger partial charge in [-0.2, -0.15) is 0 Å². The van der Waals surface area contributed by atoms with Crippen LogP contribution in [0.3, 0.4) is 0 Å².